The van der Waals surface area contributed by atoms with E-state index in [0.29, 0.717) is 6.42 Å². The Bertz CT molecular complexity index is 125. The van der Waals surface area contributed by atoms with E-state index in [1.807, 2.05) is 13.0 Å². The van der Waals surface area contributed by atoms with Crippen LogP contribution in [0.1, 0.15) is 19.8 Å². The first-order chi connectivity index (χ1) is 4.66. The lowest BCUT2D eigenvalue weighted by molar-refractivity contribution is 0.214. The smallest absolute Gasteiger partial charge is 0.0721 e. The lowest BCUT2D eigenvalue weighted by Gasteiger charge is -1.99. The van der Waals surface area contributed by atoms with Gasteiger partial charge in [-0.25, -0.2) is 0 Å². The SMILES string of the molecule is C=CC(O)CCC=C(C)Cl. The molecule has 0 saturated heterocycles. The third kappa shape index (κ3) is 5.86. The Hall–Kier alpha value is -0.270. The van der Waals surface area contributed by atoms with Gasteiger partial charge in [0.25, 0.3) is 0 Å². The first kappa shape index (κ1) is 9.73. The Balaban J connectivity index is 3.36. The maximum atomic E-state index is 8.98. The first-order valence-corrected chi connectivity index (χ1v) is 3.67. The van der Waals surface area contributed by atoms with Crippen LogP contribution in [-0.4, -0.2) is 11.2 Å². The van der Waals surface area contributed by atoms with Gasteiger partial charge in [0.1, 0.15) is 0 Å². The monoisotopic (exact) mass is 160 g/mol. The highest BCUT2D eigenvalue weighted by Gasteiger charge is 1.94. The topological polar surface area (TPSA) is 20.2 Å². The summed E-state index contributed by atoms with van der Waals surface area (Å²) in [4.78, 5) is 0. The van der Waals surface area contributed by atoms with Crippen molar-refractivity contribution in [1.82, 2.24) is 0 Å². The van der Waals surface area contributed by atoms with Gasteiger partial charge < -0.3 is 5.11 Å². The molecule has 0 spiro atoms. The van der Waals surface area contributed by atoms with Gasteiger partial charge in [0.15, 0.2) is 0 Å². The number of halogens is 1. The second-order valence-electron chi connectivity index (χ2n) is 2.17. The van der Waals surface area contributed by atoms with Crippen LogP contribution >= 0.6 is 11.6 Å². The number of hydrogen-bond donors (Lipinski definition) is 1. The van der Waals surface area contributed by atoms with Gasteiger partial charge in [0.05, 0.1) is 6.10 Å². The fourth-order valence-corrected chi connectivity index (χ4v) is 0.680. The van der Waals surface area contributed by atoms with E-state index in [1.165, 1.54) is 6.08 Å². The largest absolute Gasteiger partial charge is 0.389 e. The van der Waals surface area contributed by atoms with E-state index in [4.69, 9.17) is 16.7 Å². The van der Waals surface area contributed by atoms with Crippen molar-refractivity contribution in [3.05, 3.63) is 23.8 Å². The molecule has 1 N–H and O–H groups in total. The second kappa shape index (κ2) is 5.51. The van der Waals surface area contributed by atoms with Crippen LogP contribution in [0.15, 0.2) is 23.8 Å². The van der Waals surface area contributed by atoms with E-state index in [0.717, 1.165) is 11.5 Å². The van der Waals surface area contributed by atoms with E-state index in [9.17, 15) is 0 Å². The highest BCUT2D eigenvalue weighted by atomic mass is 35.5. The summed E-state index contributed by atoms with van der Waals surface area (Å²) in [5.74, 6) is 0. The molecule has 0 saturated carbocycles. The van der Waals surface area contributed by atoms with Gasteiger partial charge >= 0.3 is 0 Å². The van der Waals surface area contributed by atoms with Crippen molar-refractivity contribution in [2.75, 3.05) is 0 Å². The summed E-state index contributed by atoms with van der Waals surface area (Å²) in [7, 11) is 0. The van der Waals surface area contributed by atoms with Crippen molar-refractivity contribution in [2.45, 2.75) is 25.9 Å². The predicted molar refractivity (Wildman–Crippen MR) is 45.0 cm³/mol. The van der Waals surface area contributed by atoms with Gasteiger partial charge in [-0.05, 0) is 19.8 Å². The standard InChI is InChI=1S/C8H13ClO/c1-3-8(10)6-4-5-7(2)9/h3,5,8,10H,1,4,6H2,2H3. The van der Waals surface area contributed by atoms with Crippen LogP contribution < -0.4 is 0 Å². The van der Waals surface area contributed by atoms with Crippen molar-refractivity contribution in [3.8, 4) is 0 Å². The summed E-state index contributed by atoms with van der Waals surface area (Å²) in [6.45, 7) is 5.28. The molecule has 0 aromatic heterocycles. The molecule has 0 aliphatic carbocycles. The molecule has 0 amide bonds. The summed E-state index contributed by atoms with van der Waals surface area (Å²) in [5.41, 5.74) is 0. The van der Waals surface area contributed by atoms with Gasteiger partial charge in [0, 0.05) is 5.03 Å². The third-order valence-electron chi connectivity index (χ3n) is 1.16. The van der Waals surface area contributed by atoms with E-state index in [-0.39, 0.29) is 0 Å². The molecule has 1 atom stereocenters. The van der Waals surface area contributed by atoms with E-state index < -0.39 is 6.10 Å². The molecule has 0 aromatic rings. The molecule has 58 valence electrons. The minimum atomic E-state index is -0.396. The number of allylic oxidation sites excluding steroid dienone is 2. The molecule has 0 aliphatic rings. The maximum absolute atomic E-state index is 8.98. The van der Waals surface area contributed by atoms with Crippen molar-refractivity contribution < 1.29 is 5.11 Å². The van der Waals surface area contributed by atoms with Crippen molar-refractivity contribution >= 4 is 11.6 Å². The molecule has 10 heavy (non-hydrogen) atoms. The van der Waals surface area contributed by atoms with Gasteiger partial charge in [-0.2, -0.15) is 0 Å². The quantitative estimate of drug-likeness (QED) is 0.627. The van der Waals surface area contributed by atoms with E-state index in [1.54, 1.807) is 0 Å². The molecule has 2 heteroatoms. The summed E-state index contributed by atoms with van der Waals surface area (Å²) in [6, 6.07) is 0. The van der Waals surface area contributed by atoms with Crippen LogP contribution in [0.25, 0.3) is 0 Å². The number of aliphatic hydroxyl groups excluding tert-OH is 1. The van der Waals surface area contributed by atoms with Gasteiger partial charge in [-0.1, -0.05) is 23.8 Å². The minimum Gasteiger partial charge on any atom is -0.389 e. The molecule has 0 rings (SSSR count). The summed E-state index contributed by atoms with van der Waals surface area (Å²) < 4.78 is 0. The van der Waals surface area contributed by atoms with E-state index in [2.05, 4.69) is 6.58 Å². The summed E-state index contributed by atoms with van der Waals surface area (Å²) in [5, 5.41) is 9.75. The van der Waals surface area contributed by atoms with Crippen molar-refractivity contribution in [1.29, 1.82) is 0 Å². The minimum absolute atomic E-state index is 0.396. The lowest BCUT2D eigenvalue weighted by Crippen LogP contribution is -1.99. The highest BCUT2D eigenvalue weighted by molar-refractivity contribution is 6.29. The van der Waals surface area contributed by atoms with Crippen LogP contribution in [0.5, 0.6) is 0 Å². The van der Waals surface area contributed by atoms with Crippen LogP contribution in [0.4, 0.5) is 0 Å². The van der Waals surface area contributed by atoms with Crippen LogP contribution in [0, 0.1) is 0 Å². The normalized spacial score (nSPS) is 14.9. The zero-order valence-electron chi connectivity index (χ0n) is 6.18. The number of rotatable bonds is 4. The molecule has 1 nitrogen and oxygen atoms in total. The van der Waals surface area contributed by atoms with Gasteiger partial charge in [0.2, 0.25) is 0 Å². The fourth-order valence-electron chi connectivity index (χ4n) is 0.571. The van der Waals surface area contributed by atoms with Crippen molar-refractivity contribution in [2.24, 2.45) is 0 Å². The molecule has 0 heterocycles. The second-order valence-corrected chi connectivity index (χ2v) is 2.77. The van der Waals surface area contributed by atoms with Crippen LogP contribution in [-0.2, 0) is 0 Å². The Kier molecular flexibility index (Phi) is 5.36. The Labute approximate surface area is 67.0 Å². The molecule has 0 radical (unpaired) electrons. The maximum Gasteiger partial charge on any atom is 0.0721 e. The summed E-state index contributed by atoms with van der Waals surface area (Å²) in [6.07, 6.45) is 4.52. The number of aliphatic hydroxyl groups is 1. The Morgan fingerprint density at radius 2 is 2.40 bits per heavy atom. The Morgan fingerprint density at radius 1 is 1.80 bits per heavy atom. The molecular formula is C8H13ClO. The molecule has 0 fully saturated rings. The third-order valence-corrected chi connectivity index (χ3v) is 1.31. The Morgan fingerprint density at radius 3 is 2.80 bits per heavy atom. The van der Waals surface area contributed by atoms with Gasteiger partial charge in [-0.15, -0.1) is 6.58 Å². The van der Waals surface area contributed by atoms with Gasteiger partial charge in [-0.3, -0.25) is 0 Å². The van der Waals surface area contributed by atoms with Crippen LogP contribution in [0.2, 0.25) is 0 Å². The highest BCUT2D eigenvalue weighted by Crippen LogP contribution is 2.04. The predicted octanol–water partition coefficient (Wildman–Crippen LogP) is 2.46. The van der Waals surface area contributed by atoms with E-state index >= 15 is 0 Å². The first-order valence-electron chi connectivity index (χ1n) is 3.29. The lowest BCUT2D eigenvalue weighted by atomic mass is 10.2. The average Bonchev–Trinajstić information content (AvgIpc) is 1.87. The molecule has 1 unspecified atom stereocenters. The number of hydrogen-bond acceptors (Lipinski definition) is 1. The zero-order chi connectivity index (χ0) is 7.98. The molecule has 0 bridgehead atoms. The molecule has 0 aliphatic heterocycles. The average molecular weight is 161 g/mol. The molecular weight excluding hydrogens is 148 g/mol. The summed E-state index contributed by atoms with van der Waals surface area (Å²) >= 11 is 5.56. The molecule has 0 aromatic carbocycles. The fraction of sp³-hybridized carbons (Fsp3) is 0.500. The zero-order valence-corrected chi connectivity index (χ0v) is 6.93. The van der Waals surface area contributed by atoms with Crippen molar-refractivity contribution in [3.63, 3.8) is 0 Å². The van der Waals surface area contributed by atoms with Crippen LogP contribution in [0.3, 0.4) is 0 Å².